The summed E-state index contributed by atoms with van der Waals surface area (Å²) in [7, 11) is 0. The van der Waals surface area contributed by atoms with Crippen molar-refractivity contribution in [1.82, 2.24) is 9.88 Å². The summed E-state index contributed by atoms with van der Waals surface area (Å²) in [5.74, 6) is 0.740. The molecular formula is C23H26N2O3. The van der Waals surface area contributed by atoms with E-state index in [1.54, 1.807) is 17.3 Å². The van der Waals surface area contributed by atoms with Crippen LogP contribution in [0.3, 0.4) is 0 Å². The molecule has 3 rings (SSSR count). The molecule has 1 aromatic heterocycles. The number of ether oxygens (including phenoxy) is 2. The van der Waals surface area contributed by atoms with Crippen LogP contribution in [0.1, 0.15) is 30.9 Å². The zero-order chi connectivity index (χ0) is 19.9. The van der Waals surface area contributed by atoms with E-state index < -0.39 is 0 Å². The van der Waals surface area contributed by atoms with Crippen molar-refractivity contribution < 1.29 is 14.3 Å². The molecule has 0 N–H and O–H groups in total. The zero-order valence-corrected chi connectivity index (χ0v) is 16.3. The minimum Gasteiger partial charge on any atom is -0.487 e. The van der Waals surface area contributed by atoms with E-state index in [2.05, 4.69) is 18.1 Å². The molecule has 5 nitrogen and oxygen atoms in total. The highest BCUT2D eigenvalue weighted by atomic mass is 16.6. The molecule has 0 aliphatic carbocycles. The molecule has 0 bridgehead atoms. The SMILES string of the molecule is C=C(C)CCC(=C)C1CN(Cc2ccc(COc3cccnc3)cc2)C(=O)O1. The first kappa shape index (κ1) is 19.7. The molecule has 1 saturated heterocycles. The third-order valence-electron chi connectivity index (χ3n) is 4.65. The van der Waals surface area contributed by atoms with E-state index in [9.17, 15) is 4.79 Å². The largest absolute Gasteiger partial charge is 0.487 e. The number of cyclic esters (lactones) is 1. The van der Waals surface area contributed by atoms with E-state index in [4.69, 9.17) is 9.47 Å². The van der Waals surface area contributed by atoms with Crippen LogP contribution in [0.5, 0.6) is 5.75 Å². The zero-order valence-electron chi connectivity index (χ0n) is 16.3. The van der Waals surface area contributed by atoms with Crippen molar-refractivity contribution in [1.29, 1.82) is 0 Å². The van der Waals surface area contributed by atoms with Gasteiger partial charge < -0.3 is 9.47 Å². The van der Waals surface area contributed by atoms with Crippen LogP contribution >= 0.6 is 0 Å². The molecule has 0 radical (unpaired) electrons. The Balaban J connectivity index is 1.50. The van der Waals surface area contributed by atoms with E-state index in [0.29, 0.717) is 19.7 Å². The molecule has 146 valence electrons. The number of allylic oxidation sites excluding steroid dienone is 1. The second kappa shape index (κ2) is 9.22. The van der Waals surface area contributed by atoms with Crippen molar-refractivity contribution in [2.45, 2.75) is 39.0 Å². The molecule has 1 unspecified atom stereocenters. The molecule has 2 aromatic rings. The lowest BCUT2D eigenvalue weighted by Gasteiger charge is -2.14. The summed E-state index contributed by atoms with van der Waals surface area (Å²) in [5, 5.41) is 0. The minimum atomic E-state index is -0.287. The number of carbonyl (C=O) groups is 1. The summed E-state index contributed by atoms with van der Waals surface area (Å²) >= 11 is 0. The van der Waals surface area contributed by atoms with Gasteiger partial charge in [-0.05, 0) is 48.6 Å². The maximum absolute atomic E-state index is 12.2. The normalized spacial score (nSPS) is 16.0. The van der Waals surface area contributed by atoms with Gasteiger partial charge >= 0.3 is 6.09 Å². The maximum Gasteiger partial charge on any atom is 0.410 e. The second-order valence-electron chi connectivity index (χ2n) is 7.16. The molecule has 0 spiro atoms. The monoisotopic (exact) mass is 378 g/mol. The molecular weight excluding hydrogens is 352 g/mol. The van der Waals surface area contributed by atoms with Crippen LogP contribution in [0.2, 0.25) is 0 Å². The van der Waals surface area contributed by atoms with Crippen LogP contribution in [-0.4, -0.2) is 28.6 Å². The Morgan fingerprint density at radius 1 is 1.21 bits per heavy atom. The molecule has 2 heterocycles. The lowest BCUT2D eigenvalue weighted by Crippen LogP contribution is -2.25. The van der Waals surface area contributed by atoms with Crippen LogP contribution in [0.15, 0.2) is 73.1 Å². The fourth-order valence-corrected chi connectivity index (χ4v) is 2.95. The summed E-state index contributed by atoms with van der Waals surface area (Å²) in [6, 6.07) is 11.8. The van der Waals surface area contributed by atoms with Gasteiger partial charge in [-0.25, -0.2) is 4.79 Å². The van der Waals surface area contributed by atoms with Crippen LogP contribution < -0.4 is 4.74 Å². The van der Waals surface area contributed by atoms with Gasteiger partial charge in [0, 0.05) is 12.7 Å². The Labute approximate surface area is 166 Å². The number of hydrogen-bond acceptors (Lipinski definition) is 4. The summed E-state index contributed by atoms with van der Waals surface area (Å²) in [6.07, 6.45) is 4.55. The van der Waals surface area contributed by atoms with Crippen molar-refractivity contribution in [2.24, 2.45) is 0 Å². The van der Waals surface area contributed by atoms with Crippen molar-refractivity contribution in [2.75, 3.05) is 6.54 Å². The van der Waals surface area contributed by atoms with E-state index in [0.717, 1.165) is 40.9 Å². The number of amides is 1. The minimum absolute atomic E-state index is 0.237. The highest BCUT2D eigenvalue weighted by molar-refractivity contribution is 5.70. The third-order valence-corrected chi connectivity index (χ3v) is 4.65. The van der Waals surface area contributed by atoms with Crippen molar-refractivity contribution in [3.05, 3.63) is 84.2 Å². The van der Waals surface area contributed by atoms with Gasteiger partial charge in [-0.3, -0.25) is 9.88 Å². The molecule has 5 heteroatoms. The van der Waals surface area contributed by atoms with E-state index in [-0.39, 0.29) is 12.2 Å². The predicted octanol–water partition coefficient (Wildman–Crippen LogP) is 4.89. The van der Waals surface area contributed by atoms with Crippen LogP contribution in [0, 0.1) is 0 Å². The molecule has 1 aliphatic rings. The van der Waals surface area contributed by atoms with Crippen LogP contribution in [-0.2, 0) is 17.9 Å². The number of rotatable bonds is 9. The Hall–Kier alpha value is -3.08. The van der Waals surface area contributed by atoms with Gasteiger partial charge in [-0.15, -0.1) is 6.58 Å². The standard InChI is InChI=1S/C23H26N2O3/c1-17(2)6-7-18(3)22-15-25(23(26)28-22)14-19-8-10-20(11-9-19)16-27-21-5-4-12-24-13-21/h4-5,8-13,22H,1,3,6-7,14-16H2,2H3. The number of carbonyl (C=O) groups excluding carboxylic acids is 1. The van der Waals surface area contributed by atoms with E-state index in [1.165, 1.54) is 0 Å². The summed E-state index contributed by atoms with van der Waals surface area (Å²) in [5.41, 5.74) is 4.16. The fraction of sp³-hybridized carbons (Fsp3) is 0.304. The fourth-order valence-electron chi connectivity index (χ4n) is 2.95. The summed E-state index contributed by atoms with van der Waals surface area (Å²) in [6.45, 7) is 11.5. The van der Waals surface area contributed by atoms with Gasteiger partial charge in [0.15, 0.2) is 0 Å². The average Bonchev–Trinajstić information content (AvgIpc) is 3.07. The number of nitrogens with zero attached hydrogens (tertiary/aromatic N) is 2. The molecule has 1 atom stereocenters. The molecule has 1 fully saturated rings. The Kier molecular flexibility index (Phi) is 6.48. The molecule has 1 aromatic carbocycles. The first-order chi connectivity index (χ1) is 13.5. The lowest BCUT2D eigenvalue weighted by atomic mass is 10.0. The molecule has 0 saturated carbocycles. The Bertz CT molecular complexity index is 831. The maximum atomic E-state index is 12.2. The van der Waals surface area contributed by atoms with Gasteiger partial charge in [-0.1, -0.05) is 36.4 Å². The van der Waals surface area contributed by atoms with Crippen molar-refractivity contribution in [3.63, 3.8) is 0 Å². The van der Waals surface area contributed by atoms with E-state index >= 15 is 0 Å². The average molecular weight is 378 g/mol. The van der Waals surface area contributed by atoms with E-state index in [1.807, 2.05) is 43.3 Å². The molecule has 28 heavy (non-hydrogen) atoms. The predicted molar refractivity (Wildman–Crippen MR) is 109 cm³/mol. The van der Waals surface area contributed by atoms with Crippen molar-refractivity contribution in [3.8, 4) is 5.75 Å². The van der Waals surface area contributed by atoms with Crippen LogP contribution in [0.25, 0.3) is 0 Å². The van der Waals surface area contributed by atoms with Gasteiger partial charge in [0.05, 0.1) is 12.7 Å². The highest BCUT2D eigenvalue weighted by Crippen LogP contribution is 2.23. The van der Waals surface area contributed by atoms with Gasteiger partial charge in [0.25, 0.3) is 0 Å². The lowest BCUT2D eigenvalue weighted by molar-refractivity contribution is 0.141. The summed E-state index contributed by atoms with van der Waals surface area (Å²) < 4.78 is 11.2. The van der Waals surface area contributed by atoms with Gasteiger partial charge in [-0.2, -0.15) is 0 Å². The second-order valence-corrected chi connectivity index (χ2v) is 7.16. The Morgan fingerprint density at radius 3 is 2.64 bits per heavy atom. The van der Waals surface area contributed by atoms with Crippen LogP contribution in [0.4, 0.5) is 4.79 Å². The topological polar surface area (TPSA) is 51.7 Å². The third kappa shape index (κ3) is 5.46. The van der Waals surface area contributed by atoms with Gasteiger partial charge in [0.1, 0.15) is 18.5 Å². The first-order valence-electron chi connectivity index (χ1n) is 9.39. The number of aromatic nitrogens is 1. The van der Waals surface area contributed by atoms with Gasteiger partial charge in [0.2, 0.25) is 0 Å². The molecule has 1 aliphatic heterocycles. The summed E-state index contributed by atoms with van der Waals surface area (Å²) in [4.78, 5) is 17.9. The highest BCUT2D eigenvalue weighted by Gasteiger charge is 2.32. The first-order valence-corrected chi connectivity index (χ1v) is 9.39. The smallest absolute Gasteiger partial charge is 0.410 e. The number of benzene rings is 1. The Morgan fingerprint density at radius 2 is 1.96 bits per heavy atom. The number of hydrogen-bond donors (Lipinski definition) is 0. The van der Waals surface area contributed by atoms with Crippen molar-refractivity contribution >= 4 is 6.09 Å². The quantitative estimate of drug-likeness (QED) is 0.583. The molecule has 1 amide bonds. The number of pyridine rings is 1.